The molecule has 4 rings (SSSR count). The molecule has 1 saturated carbocycles. The van der Waals surface area contributed by atoms with Gasteiger partial charge in [-0.15, -0.1) is 0 Å². The number of benzene rings is 1. The lowest BCUT2D eigenvalue weighted by molar-refractivity contribution is -0.106. The fourth-order valence-corrected chi connectivity index (χ4v) is 3.74. The van der Waals surface area contributed by atoms with Crippen molar-refractivity contribution >= 4 is 12.1 Å². The number of amides is 1. The summed E-state index contributed by atoms with van der Waals surface area (Å²) in [6.45, 7) is 8.40. The van der Waals surface area contributed by atoms with Gasteiger partial charge in [-0.25, -0.2) is 9.37 Å². The van der Waals surface area contributed by atoms with Crippen molar-refractivity contribution in [2.24, 2.45) is 11.1 Å². The van der Waals surface area contributed by atoms with E-state index in [4.69, 9.17) is 9.53 Å². The molecule has 1 amide bonds. The number of aromatic nitrogens is 2. The largest absolute Gasteiger partial charge is 0.475 e. The highest BCUT2D eigenvalue weighted by atomic mass is 19.1. The van der Waals surface area contributed by atoms with Crippen LogP contribution in [0.3, 0.4) is 0 Å². The Labute approximate surface area is 211 Å². The predicted molar refractivity (Wildman–Crippen MR) is 140 cm³/mol. The van der Waals surface area contributed by atoms with E-state index in [0.29, 0.717) is 17.0 Å². The van der Waals surface area contributed by atoms with Gasteiger partial charge in [0.2, 0.25) is 12.3 Å². The summed E-state index contributed by atoms with van der Waals surface area (Å²) in [5, 5.41) is 13.4. The maximum absolute atomic E-state index is 14.7. The number of halogens is 1. The second-order valence-electron chi connectivity index (χ2n) is 10.2. The molecule has 0 atom stereocenters. The van der Waals surface area contributed by atoms with E-state index in [2.05, 4.69) is 27.9 Å². The number of nitrogens with zero attached hydrogens (tertiary/aromatic N) is 2. The van der Waals surface area contributed by atoms with Crippen LogP contribution in [-0.2, 0) is 4.79 Å². The van der Waals surface area contributed by atoms with E-state index >= 15 is 0 Å². The number of ether oxygens (including phenoxy) is 1. The number of pyridine rings is 2. The maximum atomic E-state index is 14.7. The number of aliphatic hydroxyl groups is 1. The smallest absolute Gasteiger partial charge is 0.214 e. The molecule has 0 radical (unpaired) electrons. The Morgan fingerprint density at radius 3 is 2.47 bits per heavy atom. The maximum Gasteiger partial charge on any atom is 0.214 e. The highest BCUT2D eigenvalue weighted by Crippen LogP contribution is 2.48. The van der Waals surface area contributed by atoms with Gasteiger partial charge in [0.05, 0.1) is 17.0 Å². The topological polar surface area (TPSA) is 110 Å². The van der Waals surface area contributed by atoms with Gasteiger partial charge in [0.25, 0.3) is 0 Å². The Hall–Kier alpha value is -3.52. The Morgan fingerprint density at radius 2 is 1.86 bits per heavy atom. The number of primary amides is 1. The number of anilines is 1. The third-order valence-electron chi connectivity index (χ3n) is 6.12. The molecule has 8 heteroatoms. The summed E-state index contributed by atoms with van der Waals surface area (Å²) in [7, 11) is 0. The zero-order chi connectivity index (χ0) is 26.3. The van der Waals surface area contributed by atoms with E-state index in [1.165, 1.54) is 12.8 Å². The lowest BCUT2D eigenvalue weighted by atomic mass is 9.98. The van der Waals surface area contributed by atoms with Gasteiger partial charge in [-0.2, -0.15) is 0 Å². The number of carbonyl (C=O) groups is 1. The highest BCUT2D eigenvalue weighted by molar-refractivity contribution is 5.76. The fraction of sp³-hybridized carbons (Fsp3) is 0.393. The van der Waals surface area contributed by atoms with Crippen LogP contribution < -0.4 is 15.8 Å². The summed E-state index contributed by atoms with van der Waals surface area (Å²) >= 11 is 0. The van der Waals surface area contributed by atoms with Crippen LogP contribution in [0.15, 0.2) is 48.8 Å². The van der Waals surface area contributed by atoms with Gasteiger partial charge in [-0.05, 0) is 92.5 Å². The first kappa shape index (κ1) is 27.1. The van der Waals surface area contributed by atoms with E-state index in [1.54, 1.807) is 32.3 Å². The van der Waals surface area contributed by atoms with Crippen molar-refractivity contribution in [2.75, 3.05) is 18.5 Å². The lowest BCUT2D eigenvalue weighted by Crippen LogP contribution is -2.28. The minimum Gasteiger partial charge on any atom is -0.475 e. The number of rotatable bonds is 9. The first-order valence-electron chi connectivity index (χ1n) is 12.0. The fourth-order valence-electron chi connectivity index (χ4n) is 3.74. The molecule has 3 aromatic rings. The third kappa shape index (κ3) is 7.75. The van der Waals surface area contributed by atoms with Crippen LogP contribution in [0.1, 0.15) is 45.6 Å². The van der Waals surface area contributed by atoms with Gasteiger partial charge in [0.1, 0.15) is 12.4 Å². The lowest BCUT2D eigenvalue weighted by Gasteiger charge is -2.19. The normalized spacial score (nSPS) is 13.8. The summed E-state index contributed by atoms with van der Waals surface area (Å²) in [6.07, 6.45) is 7.21. The monoisotopic (exact) mass is 494 g/mol. The molecule has 0 unspecified atom stereocenters. The van der Waals surface area contributed by atoms with Gasteiger partial charge in [0, 0.05) is 30.6 Å². The minimum absolute atomic E-state index is 0.104. The van der Waals surface area contributed by atoms with Gasteiger partial charge >= 0.3 is 0 Å². The Balaban J connectivity index is 0.00000115. The van der Waals surface area contributed by atoms with E-state index in [-0.39, 0.29) is 18.8 Å². The molecule has 192 valence electrons. The van der Waals surface area contributed by atoms with E-state index in [1.807, 2.05) is 37.3 Å². The molecule has 0 spiro atoms. The molecule has 2 heterocycles. The molecule has 4 N–H and O–H groups in total. The molecule has 1 aliphatic rings. The second kappa shape index (κ2) is 11.5. The molecule has 1 aliphatic carbocycles. The van der Waals surface area contributed by atoms with Crippen LogP contribution in [0, 0.1) is 18.2 Å². The van der Waals surface area contributed by atoms with Gasteiger partial charge in [-0.3, -0.25) is 9.78 Å². The quantitative estimate of drug-likeness (QED) is 0.357. The minimum atomic E-state index is -0.990. The summed E-state index contributed by atoms with van der Waals surface area (Å²) in [4.78, 5) is 17.3. The third-order valence-corrected chi connectivity index (χ3v) is 6.12. The zero-order valence-electron chi connectivity index (χ0n) is 21.3. The van der Waals surface area contributed by atoms with Crippen molar-refractivity contribution in [3.05, 3.63) is 60.2 Å². The number of hydrogen-bond acceptors (Lipinski definition) is 6. The Kier molecular flexibility index (Phi) is 8.63. The number of carbonyl (C=O) groups excluding carboxylic acids is 1. The molecule has 0 bridgehead atoms. The molecule has 0 aliphatic heterocycles. The Morgan fingerprint density at radius 1 is 1.19 bits per heavy atom. The highest BCUT2D eigenvalue weighted by Gasteiger charge is 2.36. The molecule has 36 heavy (non-hydrogen) atoms. The van der Waals surface area contributed by atoms with Gasteiger partial charge in [-0.1, -0.05) is 6.92 Å². The van der Waals surface area contributed by atoms with Crippen molar-refractivity contribution in [2.45, 2.75) is 52.6 Å². The van der Waals surface area contributed by atoms with Crippen molar-refractivity contribution < 1.29 is 19.0 Å². The molecular formula is C28H35FN4O3. The van der Waals surface area contributed by atoms with Crippen LogP contribution in [0.5, 0.6) is 5.88 Å². The van der Waals surface area contributed by atoms with E-state index < -0.39 is 5.60 Å². The summed E-state index contributed by atoms with van der Waals surface area (Å²) in [5.41, 5.74) is 8.31. The van der Waals surface area contributed by atoms with Crippen LogP contribution in [0.2, 0.25) is 0 Å². The van der Waals surface area contributed by atoms with Gasteiger partial charge in [0.15, 0.2) is 0 Å². The predicted octanol–water partition coefficient (Wildman–Crippen LogP) is 5.11. The summed E-state index contributed by atoms with van der Waals surface area (Å²) in [5.74, 6) is 0.153. The van der Waals surface area contributed by atoms with Crippen molar-refractivity contribution in [3.63, 3.8) is 0 Å². The van der Waals surface area contributed by atoms with Crippen LogP contribution in [0.4, 0.5) is 10.1 Å². The average Bonchev–Trinajstić information content (AvgIpc) is 3.56. The first-order valence-corrected chi connectivity index (χ1v) is 12.0. The van der Waals surface area contributed by atoms with Gasteiger partial charge < -0.3 is 20.9 Å². The number of nitrogens with one attached hydrogen (secondary N) is 1. The van der Waals surface area contributed by atoms with Crippen LogP contribution in [0.25, 0.3) is 22.4 Å². The number of aryl methyl sites for hydroxylation is 1. The van der Waals surface area contributed by atoms with E-state index in [0.717, 1.165) is 40.9 Å². The molecule has 2 aromatic heterocycles. The average molecular weight is 495 g/mol. The van der Waals surface area contributed by atoms with E-state index in [9.17, 15) is 9.50 Å². The second-order valence-corrected chi connectivity index (χ2v) is 10.2. The Bertz CT molecular complexity index is 1180. The molecule has 1 fully saturated rings. The van der Waals surface area contributed by atoms with Crippen molar-refractivity contribution in [1.29, 1.82) is 0 Å². The number of hydrogen-bond donors (Lipinski definition) is 3. The molecule has 1 aromatic carbocycles. The summed E-state index contributed by atoms with van der Waals surface area (Å²) < 4.78 is 20.6. The van der Waals surface area contributed by atoms with Crippen molar-refractivity contribution in [1.82, 2.24) is 9.97 Å². The summed E-state index contributed by atoms with van der Waals surface area (Å²) in [6, 6.07) is 11.0. The van der Waals surface area contributed by atoms with Crippen LogP contribution >= 0.6 is 0 Å². The standard InChI is InChI=1S/C27H32FN3O2.CH3NO/c1-18-13-22(28)24(30-12-9-27(4)7-8-27)16-21(18)20-14-23(19-5-10-29-11-6-19)31-25(15-20)33-17-26(2,3)32;2-1-3/h5-6,10-11,13-16,30,32H,7-9,12,17H2,1-4H3;1H,(H2,2,3). The van der Waals surface area contributed by atoms with Crippen molar-refractivity contribution in [3.8, 4) is 28.3 Å². The SMILES string of the molecule is Cc1cc(F)c(NCCC2(C)CC2)cc1-c1cc(OCC(C)(C)O)nc(-c2ccncc2)c1.NC=O. The molecule has 0 saturated heterocycles. The molecule has 7 nitrogen and oxygen atoms in total. The zero-order valence-corrected chi connectivity index (χ0v) is 21.3. The molecular weight excluding hydrogens is 459 g/mol. The first-order chi connectivity index (χ1) is 17.0. The number of nitrogens with two attached hydrogens (primary N) is 1. The van der Waals surface area contributed by atoms with Crippen LogP contribution in [-0.4, -0.2) is 40.2 Å².